The number of nitro groups is 1. The van der Waals surface area contributed by atoms with Gasteiger partial charge >= 0.3 is 0 Å². The summed E-state index contributed by atoms with van der Waals surface area (Å²) >= 11 is 6.27. The summed E-state index contributed by atoms with van der Waals surface area (Å²) in [6.45, 7) is 11.6. The van der Waals surface area contributed by atoms with E-state index in [-0.39, 0.29) is 59.5 Å². The number of piperazine rings is 1. The summed E-state index contributed by atoms with van der Waals surface area (Å²) in [5.74, 6) is 5.09. The molecule has 0 bridgehead atoms. The van der Waals surface area contributed by atoms with Crippen molar-refractivity contribution < 1.29 is 37.3 Å². The number of imide groups is 1. The summed E-state index contributed by atoms with van der Waals surface area (Å²) in [5, 5.41) is 19.6. The van der Waals surface area contributed by atoms with Crippen LogP contribution in [0.15, 0.2) is 114 Å². The molecular formula is C63H67ClN10O9S. The lowest BCUT2D eigenvalue weighted by molar-refractivity contribution is -0.384. The van der Waals surface area contributed by atoms with Crippen molar-refractivity contribution in [1.82, 2.24) is 34.7 Å². The number of sulfonamides is 1. The molecule has 11 rings (SSSR count). The predicted molar refractivity (Wildman–Crippen MR) is 321 cm³/mol. The highest BCUT2D eigenvalue weighted by Crippen LogP contribution is 2.44. The lowest BCUT2D eigenvalue weighted by atomic mass is 9.72. The van der Waals surface area contributed by atoms with Crippen LogP contribution in [0.4, 0.5) is 17.1 Å². The molecule has 0 spiro atoms. The Bertz CT molecular complexity index is 3770. The number of anilines is 2. The van der Waals surface area contributed by atoms with Crippen molar-refractivity contribution in [3.8, 4) is 23.3 Å². The van der Waals surface area contributed by atoms with Crippen LogP contribution in [0.3, 0.4) is 0 Å². The Morgan fingerprint density at radius 3 is 2.57 bits per heavy atom. The van der Waals surface area contributed by atoms with Gasteiger partial charge in [0, 0.05) is 111 Å². The van der Waals surface area contributed by atoms with E-state index in [0.29, 0.717) is 43.0 Å². The van der Waals surface area contributed by atoms with Crippen LogP contribution >= 0.6 is 11.6 Å². The normalized spacial score (nSPS) is 19.4. The molecule has 4 N–H and O–H groups in total. The fourth-order valence-electron chi connectivity index (χ4n) is 12.2. The van der Waals surface area contributed by atoms with Gasteiger partial charge < -0.3 is 29.7 Å². The summed E-state index contributed by atoms with van der Waals surface area (Å²) in [7, 11) is -4.64. The number of unbranched alkanes of at least 4 members (excludes halogenated alkanes) is 1. The fourth-order valence-corrected chi connectivity index (χ4v) is 13.3. The maximum absolute atomic E-state index is 14.2. The third-order valence-corrected chi connectivity index (χ3v) is 18.4. The molecule has 19 nitrogen and oxygen atoms in total. The van der Waals surface area contributed by atoms with Crippen LogP contribution in [0.1, 0.15) is 109 Å². The Morgan fingerprint density at radius 2 is 1.77 bits per heavy atom. The number of hydrogen-bond acceptors (Lipinski definition) is 14. The van der Waals surface area contributed by atoms with Crippen molar-refractivity contribution in [2.75, 3.05) is 69.1 Å². The number of fused-ring (bicyclic) bond motifs is 2. The number of ether oxygens (including phenoxy) is 1. The van der Waals surface area contributed by atoms with Crippen LogP contribution in [0, 0.1) is 33.3 Å². The number of H-pyrrole nitrogens is 1. The zero-order valence-electron chi connectivity index (χ0n) is 47.0. The van der Waals surface area contributed by atoms with E-state index in [1.54, 1.807) is 36.5 Å². The minimum atomic E-state index is -4.64. The number of aromatic amines is 1. The van der Waals surface area contributed by atoms with Gasteiger partial charge in [-0.25, -0.2) is 18.1 Å². The highest BCUT2D eigenvalue weighted by molar-refractivity contribution is 7.90. The number of pyridine rings is 1. The van der Waals surface area contributed by atoms with Crippen molar-refractivity contribution in [3.05, 3.63) is 152 Å². The molecule has 21 heteroatoms. The van der Waals surface area contributed by atoms with Gasteiger partial charge in [0.2, 0.25) is 11.8 Å². The summed E-state index contributed by atoms with van der Waals surface area (Å²) in [5.41, 5.74) is 7.40. The van der Waals surface area contributed by atoms with Gasteiger partial charge in [-0.2, -0.15) is 0 Å². The number of nitrogens with zero attached hydrogens (tertiary/aromatic N) is 6. The molecule has 4 amide bonds. The number of carbonyl (C=O) groups is 4. The van der Waals surface area contributed by atoms with Gasteiger partial charge in [0.15, 0.2) is 0 Å². The molecule has 84 heavy (non-hydrogen) atoms. The monoisotopic (exact) mass is 1170 g/mol. The molecule has 0 radical (unpaired) electrons. The number of nitro benzene ring substituents is 1. The topological polar surface area (TPSA) is 233 Å². The number of aromatic nitrogens is 2. The van der Waals surface area contributed by atoms with E-state index in [4.69, 9.17) is 16.3 Å². The maximum atomic E-state index is 14.2. The third-order valence-electron chi connectivity index (χ3n) is 16.8. The smallest absolute Gasteiger partial charge is 0.293 e. The number of benzene rings is 4. The maximum Gasteiger partial charge on any atom is 0.293 e. The summed E-state index contributed by atoms with van der Waals surface area (Å²) in [6.07, 6.45) is 10.1. The first-order valence-corrected chi connectivity index (χ1v) is 30.6. The predicted octanol–water partition coefficient (Wildman–Crippen LogP) is 9.54. The Morgan fingerprint density at radius 1 is 0.952 bits per heavy atom. The SMILES string of the molecule is CC1(C)CCC(CN2CCN(c3ccc(C(=O)NS(=O)(=O)c4ccc(NCC5CCCN(CCCC#Cc6cccc7c6CN(C6CCC(=O)NC6=O)C7=O)C5)c([N+](=O)[O-])c4)c(Oc4cnc5[nH]ccc5c4)c3)CC2)=C(c2ccc(Cl)cc2)C1. The van der Waals surface area contributed by atoms with Gasteiger partial charge in [-0.1, -0.05) is 61.1 Å². The first-order valence-electron chi connectivity index (χ1n) is 28.7. The van der Waals surface area contributed by atoms with Crippen LogP contribution < -0.4 is 25.0 Å². The molecule has 0 saturated carbocycles. The second-order valence-electron chi connectivity index (χ2n) is 23.3. The second kappa shape index (κ2) is 24.6. The van der Waals surface area contributed by atoms with Crippen molar-refractivity contribution in [2.45, 2.75) is 89.1 Å². The van der Waals surface area contributed by atoms with Crippen LogP contribution in [-0.2, 0) is 26.2 Å². The number of carbonyl (C=O) groups excluding carboxylic acids is 4. The molecule has 2 aromatic heterocycles. The van der Waals surface area contributed by atoms with E-state index in [1.807, 2.05) is 24.3 Å². The molecule has 4 aromatic carbocycles. The molecule has 4 aliphatic heterocycles. The van der Waals surface area contributed by atoms with Crippen molar-refractivity contribution in [2.24, 2.45) is 11.3 Å². The average Bonchev–Trinajstić information content (AvgIpc) is 3.06. The summed E-state index contributed by atoms with van der Waals surface area (Å²) in [6, 6.07) is 25.1. The van der Waals surface area contributed by atoms with Gasteiger partial charge in [-0.05, 0) is 147 Å². The number of likely N-dealkylation sites (tertiary alicyclic amines) is 1. The van der Waals surface area contributed by atoms with Gasteiger partial charge in [-0.15, -0.1) is 0 Å². The second-order valence-corrected chi connectivity index (χ2v) is 25.4. The highest BCUT2D eigenvalue weighted by Gasteiger charge is 2.40. The zero-order chi connectivity index (χ0) is 58.7. The van der Waals surface area contributed by atoms with Crippen molar-refractivity contribution in [3.63, 3.8) is 0 Å². The summed E-state index contributed by atoms with van der Waals surface area (Å²) in [4.78, 5) is 79.2. The fraction of sp³-hybridized carbons (Fsp3) is 0.381. The van der Waals surface area contributed by atoms with Crippen LogP contribution in [-0.4, -0.2) is 127 Å². The number of piperidine rings is 2. The molecule has 3 fully saturated rings. The van der Waals surface area contributed by atoms with Gasteiger partial charge in [0.25, 0.3) is 27.5 Å². The zero-order valence-corrected chi connectivity index (χ0v) is 48.6. The summed E-state index contributed by atoms with van der Waals surface area (Å²) < 4.78 is 36.5. The molecule has 6 aromatic rings. The number of halogens is 1. The van der Waals surface area contributed by atoms with Crippen molar-refractivity contribution in [1.29, 1.82) is 0 Å². The highest BCUT2D eigenvalue weighted by atomic mass is 35.5. The first kappa shape index (κ1) is 57.7. The van der Waals surface area contributed by atoms with E-state index in [0.717, 1.165) is 111 Å². The van der Waals surface area contributed by atoms with Crippen LogP contribution in [0.25, 0.3) is 16.6 Å². The average molecular weight is 1180 g/mol. The molecule has 5 aliphatic rings. The van der Waals surface area contributed by atoms with Crippen LogP contribution in [0.2, 0.25) is 5.02 Å². The Hall–Kier alpha value is -8.09. The van der Waals surface area contributed by atoms with E-state index >= 15 is 0 Å². The van der Waals surface area contributed by atoms with Gasteiger partial charge in [-0.3, -0.25) is 39.5 Å². The number of hydrogen-bond donors (Lipinski definition) is 4. The largest absolute Gasteiger partial charge is 0.455 e. The molecule has 6 heterocycles. The lowest BCUT2D eigenvalue weighted by Gasteiger charge is -2.39. The Labute approximate surface area is 493 Å². The Balaban J connectivity index is 0.711. The first-order chi connectivity index (χ1) is 40.4. The van der Waals surface area contributed by atoms with Crippen molar-refractivity contribution >= 4 is 78.9 Å². The van der Waals surface area contributed by atoms with E-state index in [1.165, 1.54) is 46.0 Å². The van der Waals surface area contributed by atoms with E-state index in [9.17, 15) is 37.7 Å². The number of allylic oxidation sites excluding steroid dienone is 1. The number of nitrogens with one attached hydrogen (secondary N) is 4. The van der Waals surface area contributed by atoms with E-state index < -0.39 is 43.4 Å². The number of amides is 4. The standard InChI is InChI=1S/C63H67ClN10O9S/c1-63(2)24-22-45(52(35-63)43-12-14-46(64)15-13-43)39-71-28-30-72(31-29-71)47-16-18-51(57(33-47)83-48-32-44-23-25-65-59(44)67-37-48)60(76)69-84(81,82)49-17-19-54(56(34-49)74(79)80)66-36-41-8-7-27-70(38-41)26-5-3-4-9-42-10-6-11-50-53(42)40-73(62(50)78)55-20-21-58(75)68-61(55)77/h6,10-19,23,25,32-34,37,41,55,66H,3,5,7-8,20-22,24,26-31,35-36,38-40H2,1-2H3,(H,65,67)(H,69,76)(H,68,75,77). The molecule has 2 unspecified atom stereocenters. The molecular weight excluding hydrogens is 1110 g/mol. The minimum Gasteiger partial charge on any atom is -0.455 e. The molecule has 2 atom stereocenters. The Kier molecular flexibility index (Phi) is 16.9. The molecule has 3 saturated heterocycles. The van der Waals surface area contributed by atoms with Crippen LogP contribution in [0.5, 0.6) is 11.5 Å². The quantitative estimate of drug-likeness (QED) is 0.0219. The number of rotatable bonds is 17. The minimum absolute atomic E-state index is 0.0605. The van der Waals surface area contributed by atoms with E-state index in [2.05, 4.69) is 77.8 Å². The molecule has 1 aliphatic carbocycles. The third kappa shape index (κ3) is 13.1. The lowest BCUT2D eigenvalue weighted by Crippen LogP contribution is -2.52. The van der Waals surface area contributed by atoms with Gasteiger partial charge in [0.05, 0.1) is 21.6 Å². The molecule has 436 valence electrons. The van der Waals surface area contributed by atoms with Gasteiger partial charge in [0.1, 0.15) is 28.9 Å².